The zero-order valence-corrected chi connectivity index (χ0v) is 19.8. The molecule has 0 saturated heterocycles. The number of nitrogens with two attached hydrogens (primary N) is 1. The van der Waals surface area contributed by atoms with Crippen molar-refractivity contribution in [2.45, 2.75) is 25.3 Å². The molecule has 34 heavy (non-hydrogen) atoms. The lowest BCUT2D eigenvalue weighted by Crippen LogP contribution is -2.38. The molecule has 3 aromatic rings. The lowest BCUT2D eigenvalue weighted by molar-refractivity contribution is -0.122. The van der Waals surface area contributed by atoms with Crippen molar-refractivity contribution in [3.63, 3.8) is 0 Å². The molecule has 0 radical (unpaired) electrons. The van der Waals surface area contributed by atoms with Gasteiger partial charge in [-0.1, -0.05) is 72.3 Å². The van der Waals surface area contributed by atoms with Gasteiger partial charge >= 0.3 is 5.97 Å². The molecule has 2 amide bonds. The van der Waals surface area contributed by atoms with Crippen molar-refractivity contribution in [1.29, 1.82) is 0 Å². The van der Waals surface area contributed by atoms with E-state index in [2.05, 4.69) is 5.32 Å². The first-order valence-electron chi connectivity index (χ1n) is 10.4. The number of rotatable bonds is 9. The number of amides is 2. The van der Waals surface area contributed by atoms with E-state index in [1.165, 1.54) is 18.2 Å². The Labute approximate surface area is 208 Å². The van der Waals surface area contributed by atoms with E-state index in [1.54, 1.807) is 0 Å². The van der Waals surface area contributed by atoms with Crippen LogP contribution in [0.4, 0.5) is 5.69 Å². The summed E-state index contributed by atoms with van der Waals surface area (Å²) in [4.78, 5) is 36.6. The van der Waals surface area contributed by atoms with Gasteiger partial charge in [0.2, 0.25) is 11.8 Å². The highest BCUT2D eigenvalue weighted by molar-refractivity contribution is 6.31. The van der Waals surface area contributed by atoms with Gasteiger partial charge in [0, 0.05) is 17.9 Å². The fourth-order valence-corrected chi connectivity index (χ4v) is 3.60. The smallest absolute Gasteiger partial charge is 0.337 e. The molecule has 0 unspecified atom stereocenters. The summed E-state index contributed by atoms with van der Waals surface area (Å²) < 4.78 is 0. The van der Waals surface area contributed by atoms with Crippen LogP contribution in [0.5, 0.6) is 0 Å². The average molecular weight is 502 g/mol. The van der Waals surface area contributed by atoms with Crippen molar-refractivity contribution in [2.24, 2.45) is 5.84 Å². The van der Waals surface area contributed by atoms with Gasteiger partial charge in [0.15, 0.2) is 0 Å². The van der Waals surface area contributed by atoms with Crippen molar-refractivity contribution in [1.82, 2.24) is 5.32 Å². The van der Waals surface area contributed by atoms with Gasteiger partial charge < -0.3 is 10.4 Å². The summed E-state index contributed by atoms with van der Waals surface area (Å²) in [6.45, 7) is 0. The summed E-state index contributed by atoms with van der Waals surface area (Å²) in [5.74, 6) is 3.90. The highest BCUT2D eigenvalue weighted by Crippen LogP contribution is 2.24. The standard InChI is InChI=1S/C25H24ClN3O4.ClH/c26-19-14-15-21(20(16-19)25(32)33)29(27)23(31)13-7-12-22(30)28-24(17-8-3-1-4-9-17)18-10-5-2-6-11-18;/h1-6,8-11,14-16,24H,7,12-13,27H2,(H,28,30)(H,32,33);1H. The molecule has 0 heterocycles. The number of carboxylic acid groups (broad SMARTS) is 1. The Morgan fingerprint density at radius 1 is 0.912 bits per heavy atom. The molecular formula is C25H25Cl2N3O4. The van der Waals surface area contributed by atoms with Crippen LogP contribution in [0.3, 0.4) is 0 Å². The number of benzene rings is 3. The predicted octanol–water partition coefficient (Wildman–Crippen LogP) is 4.74. The van der Waals surface area contributed by atoms with Gasteiger partial charge in [-0.3, -0.25) is 9.59 Å². The Morgan fingerprint density at radius 2 is 1.47 bits per heavy atom. The molecule has 0 atom stereocenters. The fraction of sp³-hybridized carbons (Fsp3) is 0.160. The number of nitrogens with zero attached hydrogens (tertiary/aromatic N) is 1. The molecule has 3 rings (SSSR count). The number of carbonyl (C=O) groups excluding carboxylic acids is 2. The SMILES string of the molecule is Cl.NN(C(=O)CCCC(=O)NC(c1ccccc1)c1ccccc1)c1ccc(Cl)cc1C(=O)O. The van der Waals surface area contributed by atoms with Crippen LogP contribution in [0.15, 0.2) is 78.9 Å². The van der Waals surface area contributed by atoms with Crippen molar-refractivity contribution >= 4 is 47.5 Å². The molecule has 0 saturated carbocycles. The zero-order chi connectivity index (χ0) is 23.8. The quantitative estimate of drug-likeness (QED) is 0.222. The Bertz CT molecular complexity index is 1090. The Morgan fingerprint density at radius 3 is 2.00 bits per heavy atom. The molecule has 9 heteroatoms. The largest absolute Gasteiger partial charge is 0.478 e. The number of carboxylic acids is 1. The second-order valence-electron chi connectivity index (χ2n) is 7.41. The Kier molecular flexibility index (Phi) is 10.1. The van der Waals surface area contributed by atoms with Crippen LogP contribution in [-0.4, -0.2) is 22.9 Å². The van der Waals surface area contributed by atoms with Crippen LogP contribution in [0.2, 0.25) is 5.02 Å². The van der Waals surface area contributed by atoms with Crippen LogP contribution in [-0.2, 0) is 9.59 Å². The second kappa shape index (κ2) is 12.7. The molecule has 0 aromatic heterocycles. The Hall–Kier alpha value is -3.39. The minimum Gasteiger partial charge on any atom is -0.478 e. The third-order valence-corrected chi connectivity index (χ3v) is 5.32. The van der Waals surface area contributed by atoms with E-state index in [9.17, 15) is 19.5 Å². The summed E-state index contributed by atoms with van der Waals surface area (Å²) in [7, 11) is 0. The van der Waals surface area contributed by atoms with Gasteiger partial charge in [0.25, 0.3) is 0 Å². The predicted molar refractivity (Wildman–Crippen MR) is 134 cm³/mol. The van der Waals surface area contributed by atoms with Crippen LogP contribution in [0.1, 0.15) is 46.8 Å². The molecule has 178 valence electrons. The molecule has 0 spiro atoms. The molecule has 0 aliphatic carbocycles. The molecule has 3 aromatic carbocycles. The third-order valence-electron chi connectivity index (χ3n) is 5.08. The number of hydrogen-bond donors (Lipinski definition) is 3. The molecular weight excluding hydrogens is 477 g/mol. The minimum atomic E-state index is -1.25. The van der Waals surface area contributed by atoms with E-state index in [0.29, 0.717) is 0 Å². The number of aromatic carboxylic acids is 1. The van der Waals surface area contributed by atoms with Crippen molar-refractivity contribution in [3.8, 4) is 0 Å². The lowest BCUT2D eigenvalue weighted by atomic mass is 9.98. The normalized spacial score (nSPS) is 10.3. The Balaban J connectivity index is 0.00000408. The molecule has 0 aliphatic heterocycles. The second-order valence-corrected chi connectivity index (χ2v) is 7.84. The van der Waals surface area contributed by atoms with Gasteiger partial charge in [-0.2, -0.15) is 0 Å². The maximum atomic E-state index is 12.6. The van der Waals surface area contributed by atoms with E-state index in [0.717, 1.165) is 16.1 Å². The first-order valence-corrected chi connectivity index (χ1v) is 10.7. The number of nitrogens with one attached hydrogen (secondary N) is 1. The van der Waals surface area contributed by atoms with Crippen molar-refractivity contribution in [2.75, 3.05) is 5.01 Å². The maximum absolute atomic E-state index is 12.6. The first kappa shape index (κ1) is 26.9. The summed E-state index contributed by atoms with van der Waals surface area (Å²) in [6, 6.07) is 23.0. The minimum absolute atomic E-state index is 0. The van der Waals surface area contributed by atoms with E-state index >= 15 is 0 Å². The van der Waals surface area contributed by atoms with Gasteiger partial charge in [-0.05, 0) is 35.7 Å². The molecule has 7 nitrogen and oxygen atoms in total. The number of hydrogen-bond acceptors (Lipinski definition) is 4. The summed E-state index contributed by atoms with van der Waals surface area (Å²) >= 11 is 5.84. The van der Waals surface area contributed by atoms with E-state index in [-0.39, 0.29) is 59.9 Å². The van der Waals surface area contributed by atoms with E-state index in [4.69, 9.17) is 17.4 Å². The van der Waals surface area contributed by atoms with Gasteiger partial charge in [0.05, 0.1) is 17.3 Å². The van der Waals surface area contributed by atoms with Gasteiger partial charge in [-0.15, -0.1) is 12.4 Å². The van der Waals surface area contributed by atoms with Crippen LogP contribution >= 0.6 is 24.0 Å². The maximum Gasteiger partial charge on any atom is 0.337 e. The van der Waals surface area contributed by atoms with Crippen LogP contribution < -0.4 is 16.2 Å². The number of anilines is 1. The highest BCUT2D eigenvalue weighted by Gasteiger charge is 2.20. The van der Waals surface area contributed by atoms with Gasteiger partial charge in [-0.25, -0.2) is 15.6 Å². The summed E-state index contributed by atoms with van der Waals surface area (Å²) in [5.41, 5.74) is 1.76. The first-order chi connectivity index (χ1) is 15.9. The van der Waals surface area contributed by atoms with Crippen molar-refractivity contribution in [3.05, 3.63) is 101 Å². The summed E-state index contributed by atoms with van der Waals surface area (Å²) in [5, 5.41) is 13.4. The fourth-order valence-electron chi connectivity index (χ4n) is 3.43. The number of carbonyl (C=O) groups is 3. The average Bonchev–Trinajstić information content (AvgIpc) is 2.83. The van der Waals surface area contributed by atoms with E-state index < -0.39 is 11.9 Å². The van der Waals surface area contributed by atoms with Crippen LogP contribution in [0, 0.1) is 0 Å². The lowest BCUT2D eigenvalue weighted by Gasteiger charge is -2.20. The molecule has 0 aliphatic rings. The topological polar surface area (TPSA) is 113 Å². The molecule has 4 N–H and O–H groups in total. The van der Waals surface area contributed by atoms with Gasteiger partial charge in [0.1, 0.15) is 0 Å². The van der Waals surface area contributed by atoms with Crippen LogP contribution in [0.25, 0.3) is 0 Å². The zero-order valence-electron chi connectivity index (χ0n) is 18.2. The molecule has 0 bridgehead atoms. The monoisotopic (exact) mass is 501 g/mol. The highest BCUT2D eigenvalue weighted by atomic mass is 35.5. The third kappa shape index (κ3) is 7.05. The molecule has 0 fully saturated rings. The number of halogens is 2. The number of hydrazine groups is 1. The van der Waals surface area contributed by atoms with E-state index in [1.807, 2.05) is 60.7 Å². The summed E-state index contributed by atoms with van der Waals surface area (Å²) in [6.07, 6.45) is 0.347. The van der Waals surface area contributed by atoms with Crippen molar-refractivity contribution < 1.29 is 19.5 Å².